The van der Waals surface area contributed by atoms with Gasteiger partial charge in [-0.15, -0.1) is 5.10 Å². The maximum atomic E-state index is 5.38. The van der Waals surface area contributed by atoms with E-state index in [9.17, 15) is 0 Å². The van der Waals surface area contributed by atoms with Crippen LogP contribution < -0.4 is 5.73 Å². The van der Waals surface area contributed by atoms with E-state index in [0.29, 0.717) is 17.9 Å². The lowest BCUT2D eigenvalue weighted by atomic mass is 9.87. The van der Waals surface area contributed by atoms with Crippen LogP contribution in [0.4, 0.5) is 6.01 Å². The summed E-state index contributed by atoms with van der Waals surface area (Å²) in [6, 6.07) is 0.152. The summed E-state index contributed by atoms with van der Waals surface area (Å²) >= 11 is 0. The van der Waals surface area contributed by atoms with Crippen LogP contribution in [0, 0.1) is 0 Å². The van der Waals surface area contributed by atoms with E-state index >= 15 is 0 Å². The van der Waals surface area contributed by atoms with Gasteiger partial charge in [0.15, 0.2) is 0 Å². The van der Waals surface area contributed by atoms with Crippen LogP contribution in [-0.2, 0) is 4.74 Å². The molecular weight excluding hydrogens is 182 g/mol. The quantitative estimate of drug-likeness (QED) is 0.774. The Morgan fingerprint density at radius 3 is 2.93 bits per heavy atom. The van der Waals surface area contributed by atoms with Crippen LogP contribution in [0.5, 0.6) is 0 Å². The summed E-state index contributed by atoms with van der Waals surface area (Å²) in [5.41, 5.74) is 5.38. The van der Waals surface area contributed by atoms with Crippen LogP contribution in [0.1, 0.15) is 37.5 Å². The molecule has 5 heteroatoms. The third-order valence-corrected chi connectivity index (χ3v) is 2.76. The number of hydrogen-bond acceptors (Lipinski definition) is 5. The molecule has 2 atom stereocenters. The van der Waals surface area contributed by atoms with Gasteiger partial charge in [-0.05, 0) is 19.3 Å². The number of aromatic nitrogens is 2. The highest BCUT2D eigenvalue weighted by molar-refractivity contribution is 5.07. The summed E-state index contributed by atoms with van der Waals surface area (Å²) < 4.78 is 10.5. The number of anilines is 1. The van der Waals surface area contributed by atoms with Gasteiger partial charge in [0.2, 0.25) is 5.89 Å². The molecule has 14 heavy (non-hydrogen) atoms. The standard InChI is InChI=1S/C9H15N3O2/c1-13-7-4-2-3-6(5-7)8-11-12-9(10)14-8/h6-7H,2-5H2,1H3,(H2,10,12). The Labute approximate surface area is 82.6 Å². The van der Waals surface area contributed by atoms with E-state index in [0.717, 1.165) is 25.7 Å². The Balaban J connectivity index is 2.04. The van der Waals surface area contributed by atoms with Crippen molar-refractivity contribution in [1.82, 2.24) is 10.2 Å². The summed E-state index contributed by atoms with van der Waals surface area (Å²) in [6.07, 6.45) is 4.63. The average molecular weight is 197 g/mol. The minimum Gasteiger partial charge on any atom is -0.408 e. The molecule has 78 valence electrons. The molecule has 2 N–H and O–H groups in total. The first kappa shape index (κ1) is 9.45. The third-order valence-electron chi connectivity index (χ3n) is 2.76. The molecule has 0 saturated heterocycles. The highest BCUT2D eigenvalue weighted by Gasteiger charge is 2.26. The zero-order valence-corrected chi connectivity index (χ0v) is 8.27. The van der Waals surface area contributed by atoms with Gasteiger partial charge in [0.05, 0.1) is 6.10 Å². The fourth-order valence-corrected chi connectivity index (χ4v) is 1.99. The van der Waals surface area contributed by atoms with E-state index in [1.54, 1.807) is 7.11 Å². The van der Waals surface area contributed by atoms with Crippen molar-refractivity contribution in [2.45, 2.75) is 37.7 Å². The molecular formula is C9H15N3O2. The summed E-state index contributed by atoms with van der Waals surface area (Å²) in [6.45, 7) is 0. The largest absolute Gasteiger partial charge is 0.408 e. The Kier molecular flexibility index (Phi) is 2.67. The summed E-state index contributed by atoms with van der Waals surface area (Å²) in [5, 5.41) is 7.57. The molecule has 0 aromatic carbocycles. The molecule has 0 aliphatic heterocycles. The highest BCUT2D eigenvalue weighted by atomic mass is 16.5. The number of rotatable bonds is 2. The number of nitrogens with zero attached hydrogens (tertiary/aromatic N) is 2. The third kappa shape index (κ3) is 1.87. The van der Waals surface area contributed by atoms with Crippen molar-refractivity contribution in [3.8, 4) is 0 Å². The van der Waals surface area contributed by atoms with E-state index in [1.165, 1.54) is 0 Å². The Hall–Kier alpha value is -1.10. The molecule has 1 aliphatic rings. The topological polar surface area (TPSA) is 74.2 Å². The van der Waals surface area contributed by atoms with Gasteiger partial charge in [-0.3, -0.25) is 0 Å². The molecule has 2 unspecified atom stereocenters. The van der Waals surface area contributed by atoms with Crippen molar-refractivity contribution in [1.29, 1.82) is 0 Å². The van der Waals surface area contributed by atoms with Crippen LogP contribution in [-0.4, -0.2) is 23.4 Å². The molecule has 5 nitrogen and oxygen atoms in total. The predicted molar refractivity (Wildman–Crippen MR) is 50.7 cm³/mol. The molecule has 0 spiro atoms. The van der Waals surface area contributed by atoms with Crippen LogP contribution in [0.2, 0.25) is 0 Å². The van der Waals surface area contributed by atoms with Crippen molar-refractivity contribution in [2.24, 2.45) is 0 Å². The lowest BCUT2D eigenvalue weighted by molar-refractivity contribution is 0.0599. The maximum absolute atomic E-state index is 5.38. The first-order valence-electron chi connectivity index (χ1n) is 4.91. The summed E-state index contributed by atoms with van der Waals surface area (Å²) in [4.78, 5) is 0. The first-order valence-corrected chi connectivity index (χ1v) is 4.91. The number of nitrogen functional groups attached to an aromatic ring is 1. The number of ether oxygens (including phenoxy) is 1. The Morgan fingerprint density at radius 1 is 1.43 bits per heavy atom. The van der Waals surface area contributed by atoms with E-state index in [1.807, 2.05) is 0 Å². The average Bonchev–Trinajstić information content (AvgIpc) is 2.65. The van der Waals surface area contributed by atoms with E-state index in [-0.39, 0.29) is 6.01 Å². The number of nitrogens with two attached hydrogens (primary N) is 1. The monoisotopic (exact) mass is 197 g/mol. The van der Waals surface area contributed by atoms with Crippen LogP contribution >= 0.6 is 0 Å². The Bertz CT molecular complexity index is 300. The molecule has 1 aliphatic carbocycles. The zero-order chi connectivity index (χ0) is 9.97. The van der Waals surface area contributed by atoms with Gasteiger partial charge in [0.1, 0.15) is 0 Å². The van der Waals surface area contributed by atoms with E-state index < -0.39 is 0 Å². The fraction of sp³-hybridized carbons (Fsp3) is 0.778. The second-order valence-electron chi connectivity index (χ2n) is 3.70. The van der Waals surface area contributed by atoms with E-state index in [4.69, 9.17) is 14.9 Å². The van der Waals surface area contributed by atoms with Crippen molar-refractivity contribution in [2.75, 3.05) is 12.8 Å². The maximum Gasteiger partial charge on any atom is 0.312 e. The SMILES string of the molecule is COC1CCCC(c2nnc(N)o2)C1. The molecule has 0 amide bonds. The lowest BCUT2D eigenvalue weighted by Gasteiger charge is -2.25. The van der Waals surface area contributed by atoms with Gasteiger partial charge in [0.25, 0.3) is 0 Å². The Morgan fingerprint density at radius 2 is 2.29 bits per heavy atom. The zero-order valence-electron chi connectivity index (χ0n) is 8.27. The second-order valence-corrected chi connectivity index (χ2v) is 3.70. The molecule has 1 heterocycles. The van der Waals surface area contributed by atoms with Gasteiger partial charge in [0, 0.05) is 13.0 Å². The lowest BCUT2D eigenvalue weighted by Crippen LogP contribution is -2.20. The molecule has 0 radical (unpaired) electrons. The van der Waals surface area contributed by atoms with Crippen molar-refractivity contribution >= 4 is 6.01 Å². The highest BCUT2D eigenvalue weighted by Crippen LogP contribution is 2.33. The van der Waals surface area contributed by atoms with Gasteiger partial charge in [-0.1, -0.05) is 11.5 Å². The van der Waals surface area contributed by atoms with Gasteiger partial charge in [-0.2, -0.15) is 0 Å². The minimum absolute atomic E-state index is 0.152. The van der Waals surface area contributed by atoms with E-state index in [2.05, 4.69) is 10.2 Å². The number of methoxy groups -OCH3 is 1. The molecule has 1 fully saturated rings. The van der Waals surface area contributed by atoms with Crippen LogP contribution in [0.15, 0.2) is 4.42 Å². The number of hydrogen-bond donors (Lipinski definition) is 1. The summed E-state index contributed by atoms with van der Waals surface area (Å²) in [5.74, 6) is 0.975. The molecule has 1 aromatic rings. The first-order chi connectivity index (χ1) is 6.79. The van der Waals surface area contributed by atoms with Crippen LogP contribution in [0.3, 0.4) is 0 Å². The predicted octanol–water partition coefficient (Wildman–Crippen LogP) is 1.32. The van der Waals surface area contributed by atoms with Crippen LogP contribution in [0.25, 0.3) is 0 Å². The molecule has 1 saturated carbocycles. The van der Waals surface area contributed by atoms with Crippen molar-refractivity contribution in [3.63, 3.8) is 0 Å². The second kappa shape index (κ2) is 3.96. The van der Waals surface area contributed by atoms with Gasteiger partial charge < -0.3 is 14.9 Å². The molecule has 0 bridgehead atoms. The van der Waals surface area contributed by atoms with Crippen molar-refractivity contribution in [3.05, 3.63) is 5.89 Å². The molecule has 2 rings (SSSR count). The smallest absolute Gasteiger partial charge is 0.312 e. The molecule has 1 aromatic heterocycles. The van der Waals surface area contributed by atoms with Gasteiger partial charge in [-0.25, -0.2) is 0 Å². The minimum atomic E-state index is 0.152. The fourth-order valence-electron chi connectivity index (χ4n) is 1.99. The normalized spacial score (nSPS) is 27.8. The van der Waals surface area contributed by atoms with Crippen molar-refractivity contribution < 1.29 is 9.15 Å². The summed E-state index contributed by atoms with van der Waals surface area (Å²) in [7, 11) is 1.75. The van der Waals surface area contributed by atoms with Gasteiger partial charge >= 0.3 is 6.01 Å².